The van der Waals surface area contributed by atoms with E-state index in [1.807, 2.05) is 0 Å². The minimum absolute atomic E-state index is 0.233. The molecule has 1 aliphatic heterocycles. The van der Waals surface area contributed by atoms with Gasteiger partial charge in [-0.1, -0.05) is 52.3 Å². The molecule has 1 aliphatic rings. The molecule has 4 atom stereocenters. The maximum absolute atomic E-state index is 14.4. The topological polar surface area (TPSA) is 61.8 Å². The highest BCUT2D eigenvalue weighted by Gasteiger charge is 2.47. The van der Waals surface area contributed by atoms with Gasteiger partial charge in [0.15, 0.2) is 12.3 Å². The van der Waals surface area contributed by atoms with Crippen molar-refractivity contribution in [3.8, 4) is 0 Å². The molecule has 0 aliphatic carbocycles. The Morgan fingerprint density at radius 1 is 0.962 bits per heavy atom. The van der Waals surface area contributed by atoms with Crippen molar-refractivity contribution in [2.45, 2.75) is 23.4 Å². The Morgan fingerprint density at radius 3 is 2.08 bits per heavy atom. The molecule has 1 unspecified atom stereocenters. The van der Waals surface area contributed by atoms with Crippen molar-refractivity contribution in [3.63, 3.8) is 0 Å². The predicted octanol–water partition coefficient (Wildman–Crippen LogP) is 3.53. The standard InChI is InChI=1S/C19H16BrFO5/c20-17-15(21)16(26-19(23)13-9-5-2-6-10-13)14(25-17)11-24-18(22)12-7-3-1-4-8-12/h1-10,14-17H,11H2/t14-,15+,16?,17-/m0/s1. The lowest BCUT2D eigenvalue weighted by molar-refractivity contribution is -0.0342. The summed E-state index contributed by atoms with van der Waals surface area (Å²) < 4.78 is 30.2. The molecule has 26 heavy (non-hydrogen) atoms. The Labute approximate surface area is 158 Å². The maximum atomic E-state index is 14.4. The molecule has 3 rings (SSSR count). The zero-order chi connectivity index (χ0) is 18.5. The van der Waals surface area contributed by atoms with Crippen molar-refractivity contribution < 1.29 is 28.2 Å². The van der Waals surface area contributed by atoms with Gasteiger partial charge < -0.3 is 14.2 Å². The molecule has 0 radical (unpaired) electrons. The SMILES string of the molecule is O=C(OC[C@@H]1O[C@H](Br)[C@H](F)C1OC(=O)c1ccccc1)c1ccccc1. The van der Waals surface area contributed by atoms with Crippen LogP contribution in [-0.4, -0.2) is 41.9 Å². The van der Waals surface area contributed by atoms with Crippen molar-refractivity contribution in [1.82, 2.24) is 0 Å². The molecule has 5 nitrogen and oxygen atoms in total. The van der Waals surface area contributed by atoms with Crippen LogP contribution in [0.1, 0.15) is 20.7 Å². The largest absolute Gasteiger partial charge is 0.459 e. The second kappa shape index (κ2) is 8.42. The minimum Gasteiger partial charge on any atom is -0.459 e. The van der Waals surface area contributed by atoms with Crippen LogP contribution in [0, 0.1) is 0 Å². The first-order valence-corrected chi connectivity index (χ1v) is 8.89. The van der Waals surface area contributed by atoms with Gasteiger partial charge in [0.2, 0.25) is 0 Å². The normalized spacial score (nSPS) is 24.8. The monoisotopic (exact) mass is 422 g/mol. The number of hydrogen-bond donors (Lipinski definition) is 0. The first kappa shape index (κ1) is 18.5. The number of carbonyl (C=O) groups is 2. The van der Waals surface area contributed by atoms with Crippen LogP contribution in [0.25, 0.3) is 0 Å². The van der Waals surface area contributed by atoms with Crippen LogP contribution in [0.2, 0.25) is 0 Å². The molecule has 0 amide bonds. The van der Waals surface area contributed by atoms with Crippen molar-refractivity contribution in [1.29, 1.82) is 0 Å². The Balaban J connectivity index is 1.63. The average Bonchev–Trinajstić information content (AvgIpc) is 2.95. The summed E-state index contributed by atoms with van der Waals surface area (Å²) in [7, 11) is 0. The van der Waals surface area contributed by atoms with E-state index in [2.05, 4.69) is 15.9 Å². The van der Waals surface area contributed by atoms with Crippen LogP contribution in [0.5, 0.6) is 0 Å². The van der Waals surface area contributed by atoms with Gasteiger partial charge in [-0.2, -0.15) is 0 Å². The quantitative estimate of drug-likeness (QED) is 0.544. The van der Waals surface area contributed by atoms with Crippen molar-refractivity contribution >= 4 is 27.9 Å². The molecule has 136 valence electrons. The van der Waals surface area contributed by atoms with Gasteiger partial charge in [-0.15, -0.1) is 0 Å². The summed E-state index contributed by atoms with van der Waals surface area (Å²) >= 11 is 3.05. The van der Waals surface area contributed by atoms with Gasteiger partial charge in [-0.3, -0.25) is 0 Å². The average molecular weight is 423 g/mol. The fraction of sp³-hybridized carbons (Fsp3) is 0.263. The molecule has 0 N–H and O–H groups in total. The number of ether oxygens (including phenoxy) is 3. The van der Waals surface area contributed by atoms with E-state index in [9.17, 15) is 14.0 Å². The summed E-state index contributed by atoms with van der Waals surface area (Å²) in [5.41, 5.74) is 0.674. The third kappa shape index (κ3) is 4.28. The summed E-state index contributed by atoms with van der Waals surface area (Å²) in [6.45, 7) is -0.233. The van der Waals surface area contributed by atoms with Crippen LogP contribution < -0.4 is 0 Å². The van der Waals surface area contributed by atoms with Gasteiger partial charge in [0.1, 0.15) is 17.7 Å². The maximum Gasteiger partial charge on any atom is 0.338 e. The van der Waals surface area contributed by atoms with Gasteiger partial charge in [-0.25, -0.2) is 14.0 Å². The molecule has 1 fully saturated rings. The highest BCUT2D eigenvalue weighted by Crippen LogP contribution is 2.31. The zero-order valence-electron chi connectivity index (χ0n) is 13.6. The third-order valence-corrected chi connectivity index (χ3v) is 4.60. The molecule has 0 bridgehead atoms. The van der Waals surface area contributed by atoms with E-state index < -0.39 is 35.3 Å². The Hall–Kier alpha value is -2.25. The van der Waals surface area contributed by atoms with E-state index in [4.69, 9.17) is 14.2 Å². The van der Waals surface area contributed by atoms with E-state index in [1.165, 1.54) is 0 Å². The summed E-state index contributed by atoms with van der Waals surface area (Å²) in [5.74, 6) is -1.22. The number of benzene rings is 2. The lowest BCUT2D eigenvalue weighted by Gasteiger charge is -2.19. The Kier molecular flexibility index (Phi) is 6.00. The molecular weight excluding hydrogens is 407 g/mol. The number of hydrogen-bond acceptors (Lipinski definition) is 5. The van der Waals surface area contributed by atoms with Crippen molar-refractivity contribution in [2.75, 3.05) is 6.61 Å². The Morgan fingerprint density at radius 2 is 1.50 bits per heavy atom. The van der Waals surface area contributed by atoms with Crippen LogP contribution in [-0.2, 0) is 14.2 Å². The van der Waals surface area contributed by atoms with Gasteiger partial charge in [-0.05, 0) is 24.3 Å². The van der Waals surface area contributed by atoms with Gasteiger partial charge in [0.25, 0.3) is 0 Å². The molecule has 1 heterocycles. The summed E-state index contributed by atoms with van der Waals surface area (Å²) in [4.78, 5) is 24.2. The highest BCUT2D eigenvalue weighted by molar-refractivity contribution is 9.09. The number of carbonyl (C=O) groups excluding carboxylic acids is 2. The van der Waals surface area contributed by atoms with E-state index in [1.54, 1.807) is 60.7 Å². The zero-order valence-corrected chi connectivity index (χ0v) is 15.2. The molecular formula is C19H16BrFO5. The third-order valence-electron chi connectivity index (χ3n) is 3.88. The summed E-state index contributed by atoms with van der Waals surface area (Å²) in [5, 5.41) is -0.948. The summed E-state index contributed by atoms with van der Waals surface area (Å²) in [6, 6.07) is 16.7. The lowest BCUT2D eigenvalue weighted by Crippen LogP contribution is -2.37. The number of halogens is 2. The lowest BCUT2D eigenvalue weighted by atomic mass is 10.1. The summed E-state index contributed by atoms with van der Waals surface area (Å²) in [6.07, 6.45) is -3.67. The molecule has 2 aromatic rings. The number of esters is 2. The van der Waals surface area contributed by atoms with E-state index >= 15 is 0 Å². The van der Waals surface area contributed by atoms with E-state index in [-0.39, 0.29) is 6.61 Å². The van der Waals surface area contributed by atoms with Crippen molar-refractivity contribution in [2.24, 2.45) is 0 Å². The Bertz CT molecular complexity index is 755. The molecule has 2 aromatic carbocycles. The van der Waals surface area contributed by atoms with Crippen LogP contribution >= 0.6 is 15.9 Å². The molecule has 1 saturated heterocycles. The predicted molar refractivity (Wildman–Crippen MR) is 94.9 cm³/mol. The van der Waals surface area contributed by atoms with E-state index in [0.29, 0.717) is 11.1 Å². The smallest absolute Gasteiger partial charge is 0.338 e. The highest BCUT2D eigenvalue weighted by atomic mass is 79.9. The second-order valence-electron chi connectivity index (χ2n) is 5.67. The van der Waals surface area contributed by atoms with Gasteiger partial charge in [0.05, 0.1) is 11.1 Å². The van der Waals surface area contributed by atoms with Crippen LogP contribution in [0.4, 0.5) is 4.39 Å². The second-order valence-corrected chi connectivity index (χ2v) is 6.57. The van der Waals surface area contributed by atoms with E-state index in [0.717, 1.165) is 0 Å². The molecule has 7 heteroatoms. The number of rotatable bonds is 5. The number of alkyl halides is 2. The first-order valence-electron chi connectivity index (χ1n) is 7.98. The van der Waals surface area contributed by atoms with Crippen LogP contribution in [0.3, 0.4) is 0 Å². The van der Waals surface area contributed by atoms with Crippen molar-refractivity contribution in [3.05, 3.63) is 71.8 Å². The minimum atomic E-state index is -1.58. The fourth-order valence-electron chi connectivity index (χ4n) is 2.53. The first-order chi connectivity index (χ1) is 12.6. The molecule has 0 spiro atoms. The molecule has 0 aromatic heterocycles. The van der Waals surface area contributed by atoms with Crippen LogP contribution in [0.15, 0.2) is 60.7 Å². The fourth-order valence-corrected chi connectivity index (χ4v) is 3.11. The van der Waals surface area contributed by atoms with Gasteiger partial charge >= 0.3 is 11.9 Å². The molecule has 0 saturated carbocycles. The van der Waals surface area contributed by atoms with Gasteiger partial charge in [0, 0.05) is 0 Å².